The molecule has 1 atom stereocenters. The predicted molar refractivity (Wildman–Crippen MR) is 102 cm³/mol. The molecular weight excluding hydrogens is 344 g/mol. The third-order valence-corrected chi connectivity index (χ3v) is 4.78. The fourth-order valence-electron chi connectivity index (χ4n) is 3.32. The van der Waals surface area contributed by atoms with Crippen LogP contribution in [0.3, 0.4) is 0 Å². The standard InChI is InChI=1S/C21H26N2O4/c1-6-8-17-19(21(24)26-7-2)18(15(11-22)20(23)27-17)14-9-10-16(25-5)13(4)12(14)3/h9-10,18H,6-8,23H2,1-5H3/t18-/m1/s1. The Hall–Kier alpha value is -2.94. The predicted octanol–water partition coefficient (Wildman–Crippen LogP) is 3.74. The van der Waals surface area contributed by atoms with Gasteiger partial charge in [0, 0.05) is 6.42 Å². The van der Waals surface area contributed by atoms with E-state index >= 15 is 0 Å². The van der Waals surface area contributed by atoms with Crippen LogP contribution in [0, 0.1) is 25.2 Å². The molecule has 0 radical (unpaired) electrons. The van der Waals surface area contributed by atoms with Gasteiger partial charge in [0.15, 0.2) is 0 Å². The molecule has 6 nitrogen and oxygen atoms in total. The van der Waals surface area contributed by atoms with Gasteiger partial charge in [0.2, 0.25) is 5.88 Å². The molecule has 144 valence electrons. The average Bonchev–Trinajstić information content (AvgIpc) is 2.64. The van der Waals surface area contributed by atoms with E-state index in [-0.39, 0.29) is 18.1 Å². The summed E-state index contributed by atoms with van der Waals surface area (Å²) < 4.78 is 16.3. The molecule has 6 heteroatoms. The summed E-state index contributed by atoms with van der Waals surface area (Å²) in [5.74, 6) is 0.124. The number of allylic oxidation sites excluding steroid dienone is 2. The molecule has 0 aliphatic carbocycles. The Labute approximate surface area is 160 Å². The van der Waals surface area contributed by atoms with E-state index < -0.39 is 11.9 Å². The second-order valence-electron chi connectivity index (χ2n) is 6.34. The molecule has 1 aliphatic heterocycles. The number of nitrogens with two attached hydrogens (primary N) is 1. The van der Waals surface area contributed by atoms with Crippen molar-refractivity contribution in [3.63, 3.8) is 0 Å². The van der Waals surface area contributed by atoms with Gasteiger partial charge in [-0.25, -0.2) is 4.79 Å². The molecule has 0 bridgehead atoms. The minimum Gasteiger partial charge on any atom is -0.496 e. The maximum Gasteiger partial charge on any atom is 0.338 e. The van der Waals surface area contributed by atoms with Gasteiger partial charge in [-0.05, 0) is 49.9 Å². The number of nitriles is 1. The molecule has 1 aromatic carbocycles. The lowest BCUT2D eigenvalue weighted by Crippen LogP contribution is -2.27. The Morgan fingerprint density at radius 2 is 2.00 bits per heavy atom. The first-order chi connectivity index (χ1) is 12.9. The largest absolute Gasteiger partial charge is 0.496 e. The van der Waals surface area contributed by atoms with Crippen LogP contribution in [0.15, 0.2) is 34.9 Å². The monoisotopic (exact) mass is 370 g/mol. The maximum absolute atomic E-state index is 12.8. The SMILES string of the molecule is CCCC1=C(C(=O)OCC)[C@H](c2ccc(OC)c(C)c2C)C(C#N)=C(N)O1. The lowest BCUT2D eigenvalue weighted by Gasteiger charge is -2.29. The summed E-state index contributed by atoms with van der Waals surface area (Å²) in [4.78, 5) is 12.8. The fraction of sp³-hybridized carbons (Fsp3) is 0.429. The highest BCUT2D eigenvalue weighted by Crippen LogP contribution is 2.43. The van der Waals surface area contributed by atoms with Crippen molar-refractivity contribution in [1.29, 1.82) is 5.26 Å². The zero-order valence-corrected chi connectivity index (χ0v) is 16.5. The van der Waals surface area contributed by atoms with Crippen molar-refractivity contribution < 1.29 is 19.0 Å². The maximum atomic E-state index is 12.8. The Bertz CT molecular complexity index is 846. The smallest absolute Gasteiger partial charge is 0.338 e. The Kier molecular flexibility index (Phi) is 6.51. The van der Waals surface area contributed by atoms with Gasteiger partial charge >= 0.3 is 5.97 Å². The summed E-state index contributed by atoms with van der Waals surface area (Å²) in [6, 6.07) is 5.82. The molecule has 0 amide bonds. The van der Waals surface area contributed by atoms with Gasteiger partial charge in [0.25, 0.3) is 0 Å². The van der Waals surface area contributed by atoms with Gasteiger partial charge in [-0.1, -0.05) is 13.0 Å². The lowest BCUT2D eigenvalue weighted by molar-refractivity contribution is -0.139. The minimum absolute atomic E-state index is 0.0341. The highest BCUT2D eigenvalue weighted by atomic mass is 16.5. The quantitative estimate of drug-likeness (QED) is 0.767. The zero-order valence-electron chi connectivity index (χ0n) is 16.5. The molecule has 1 aliphatic rings. The molecule has 27 heavy (non-hydrogen) atoms. The van der Waals surface area contributed by atoms with E-state index in [1.807, 2.05) is 32.9 Å². The van der Waals surface area contributed by atoms with Crippen LogP contribution in [-0.4, -0.2) is 19.7 Å². The van der Waals surface area contributed by atoms with Gasteiger partial charge < -0.3 is 19.9 Å². The Morgan fingerprint density at radius 1 is 1.30 bits per heavy atom. The topological polar surface area (TPSA) is 94.6 Å². The van der Waals surface area contributed by atoms with Crippen LogP contribution < -0.4 is 10.5 Å². The van der Waals surface area contributed by atoms with Crippen LogP contribution in [0.2, 0.25) is 0 Å². The first kappa shape index (κ1) is 20.4. The Balaban J connectivity index is 2.76. The number of esters is 1. The summed E-state index contributed by atoms with van der Waals surface area (Å²) >= 11 is 0. The molecule has 0 spiro atoms. The third kappa shape index (κ3) is 3.77. The van der Waals surface area contributed by atoms with Crippen LogP contribution in [0.25, 0.3) is 0 Å². The molecule has 2 rings (SSSR count). The number of rotatable bonds is 6. The van der Waals surface area contributed by atoms with E-state index in [9.17, 15) is 10.1 Å². The molecular formula is C21H26N2O4. The van der Waals surface area contributed by atoms with E-state index in [1.165, 1.54) is 0 Å². The molecule has 1 heterocycles. The highest BCUT2D eigenvalue weighted by molar-refractivity contribution is 5.92. The molecule has 0 aromatic heterocycles. The molecule has 1 aromatic rings. The van der Waals surface area contributed by atoms with E-state index in [0.29, 0.717) is 17.8 Å². The molecule has 0 saturated carbocycles. The van der Waals surface area contributed by atoms with Crippen molar-refractivity contribution in [2.24, 2.45) is 5.73 Å². The molecule has 0 fully saturated rings. The first-order valence-electron chi connectivity index (χ1n) is 9.02. The fourth-order valence-corrected chi connectivity index (χ4v) is 3.32. The van der Waals surface area contributed by atoms with Gasteiger partial charge in [-0.15, -0.1) is 0 Å². The Morgan fingerprint density at radius 3 is 2.56 bits per heavy atom. The summed E-state index contributed by atoms with van der Waals surface area (Å²) in [5, 5.41) is 9.73. The number of carbonyl (C=O) groups is 1. The first-order valence-corrected chi connectivity index (χ1v) is 9.02. The van der Waals surface area contributed by atoms with E-state index in [0.717, 1.165) is 28.9 Å². The van der Waals surface area contributed by atoms with Crippen molar-refractivity contribution in [2.75, 3.05) is 13.7 Å². The molecule has 2 N–H and O–H groups in total. The summed E-state index contributed by atoms with van der Waals surface area (Å²) in [5.41, 5.74) is 9.29. The second-order valence-corrected chi connectivity index (χ2v) is 6.34. The number of carbonyl (C=O) groups excluding carboxylic acids is 1. The normalized spacial score (nSPS) is 16.7. The number of ether oxygens (including phenoxy) is 3. The average molecular weight is 370 g/mol. The minimum atomic E-state index is -0.631. The van der Waals surface area contributed by atoms with E-state index in [1.54, 1.807) is 14.0 Å². The molecule has 0 unspecified atom stereocenters. The van der Waals surface area contributed by atoms with Gasteiger partial charge in [-0.3, -0.25) is 0 Å². The van der Waals surface area contributed by atoms with Crippen molar-refractivity contribution in [2.45, 2.75) is 46.5 Å². The summed E-state index contributed by atoms with van der Waals surface area (Å²) in [7, 11) is 1.61. The van der Waals surface area contributed by atoms with Crippen molar-refractivity contribution in [1.82, 2.24) is 0 Å². The van der Waals surface area contributed by atoms with Crippen LogP contribution in [0.4, 0.5) is 0 Å². The van der Waals surface area contributed by atoms with Crippen LogP contribution in [0.5, 0.6) is 5.75 Å². The van der Waals surface area contributed by atoms with Crippen LogP contribution >= 0.6 is 0 Å². The number of benzene rings is 1. The van der Waals surface area contributed by atoms with E-state index in [2.05, 4.69) is 6.07 Å². The van der Waals surface area contributed by atoms with Gasteiger partial charge in [0.1, 0.15) is 23.2 Å². The third-order valence-electron chi connectivity index (χ3n) is 4.78. The van der Waals surface area contributed by atoms with Gasteiger partial charge in [-0.2, -0.15) is 5.26 Å². The zero-order chi connectivity index (χ0) is 20.1. The van der Waals surface area contributed by atoms with Crippen LogP contribution in [-0.2, 0) is 14.3 Å². The summed E-state index contributed by atoms with van der Waals surface area (Å²) in [6.07, 6.45) is 1.29. The number of methoxy groups -OCH3 is 1. The van der Waals surface area contributed by atoms with Gasteiger partial charge in [0.05, 0.1) is 25.2 Å². The van der Waals surface area contributed by atoms with Crippen molar-refractivity contribution in [3.05, 3.63) is 51.6 Å². The van der Waals surface area contributed by atoms with E-state index in [4.69, 9.17) is 19.9 Å². The number of hydrogen-bond donors (Lipinski definition) is 1. The lowest BCUT2D eigenvalue weighted by atomic mass is 9.79. The number of hydrogen-bond acceptors (Lipinski definition) is 6. The second kappa shape index (κ2) is 8.63. The number of nitrogens with zero attached hydrogens (tertiary/aromatic N) is 1. The van der Waals surface area contributed by atoms with Crippen LogP contribution in [0.1, 0.15) is 49.3 Å². The molecule has 0 saturated heterocycles. The van der Waals surface area contributed by atoms with Crippen molar-refractivity contribution >= 4 is 5.97 Å². The highest BCUT2D eigenvalue weighted by Gasteiger charge is 2.38. The summed E-state index contributed by atoms with van der Waals surface area (Å²) in [6.45, 7) is 7.84. The van der Waals surface area contributed by atoms with Crippen molar-refractivity contribution in [3.8, 4) is 11.8 Å².